The first-order valence-electron chi connectivity index (χ1n) is 10.1. The smallest absolute Gasteiger partial charge is 0.379 e. The van der Waals surface area contributed by atoms with E-state index < -0.39 is 22.4 Å². The Morgan fingerprint density at radius 2 is 1.87 bits per heavy atom. The molecule has 174 valence electrons. The molecule has 31 heavy (non-hydrogen) atoms. The van der Waals surface area contributed by atoms with Crippen molar-refractivity contribution in [3.05, 3.63) is 33.9 Å². The van der Waals surface area contributed by atoms with E-state index in [2.05, 4.69) is 15.5 Å². The normalized spacial score (nSPS) is 20.4. The highest BCUT2D eigenvalue weighted by Gasteiger charge is 2.34. The number of nitrogens with one attached hydrogen (secondary N) is 2. The van der Waals surface area contributed by atoms with Gasteiger partial charge < -0.3 is 15.4 Å². The zero-order valence-electron chi connectivity index (χ0n) is 18.1. The van der Waals surface area contributed by atoms with E-state index in [0.717, 1.165) is 25.2 Å². The van der Waals surface area contributed by atoms with Crippen molar-refractivity contribution in [3.63, 3.8) is 0 Å². The number of nitrogens with zero attached hydrogens (tertiary/aromatic N) is 2. The van der Waals surface area contributed by atoms with E-state index in [1.807, 2.05) is 27.7 Å². The van der Waals surface area contributed by atoms with Gasteiger partial charge in [-0.05, 0) is 39.8 Å². The van der Waals surface area contributed by atoms with Crippen LogP contribution in [0, 0.1) is 10.1 Å². The lowest BCUT2D eigenvalue weighted by Crippen LogP contribution is -2.58. The fourth-order valence-corrected chi connectivity index (χ4v) is 3.51. The van der Waals surface area contributed by atoms with Crippen LogP contribution in [0.1, 0.15) is 39.7 Å². The van der Waals surface area contributed by atoms with Gasteiger partial charge in [-0.15, -0.1) is 0 Å². The number of amides is 1. The lowest BCUT2D eigenvalue weighted by Gasteiger charge is -2.45. The Morgan fingerprint density at radius 3 is 2.42 bits per heavy atom. The topological polar surface area (TPSA) is 96.7 Å². The SMILES string of the molecule is C[C@H]1CN(C(C)(C)CNC(=O)CCNc2ccc(C(F)(F)F)cc2[N+](=O)[O-])C[C@H](C)O1. The van der Waals surface area contributed by atoms with Crippen molar-refractivity contribution < 1.29 is 27.6 Å². The Morgan fingerprint density at radius 1 is 1.26 bits per heavy atom. The minimum absolute atomic E-state index is 0.0180. The van der Waals surface area contributed by atoms with E-state index >= 15 is 0 Å². The lowest BCUT2D eigenvalue weighted by atomic mass is 10.00. The van der Waals surface area contributed by atoms with Crippen molar-refractivity contribution in [2.45, 2.75) is 58.0 Å². The third kappa shape index (κ3) is 7.06. The first-order valence-corrected chi connectivity index (χ1v) is 10.1. The number of hydrogen-bond acceptors (Lipinski definition) is 6. The van der Waals surface area contributed by atoms with Crippen LogP contribution in [-0.2, 0) is 15.7 Å². The Bertz CT molecular complexity index is 791. The number of nitro benzene ring substituents is 1. The second kappa shape index (κ2) is 9.82. The third-order valence-corrected chi connectivity index (χ3v) is 5.18. The van der Waals surface area contributed by atoms with E-state index in [1.54, 1.807) is 0 Å². The number of ether oxygens (including phenoxy) is 1. The second-order valence-corrected chi connectivity index (χ2v) is 8.42. The molecule has 0 unspecified atom stereocenters. The van der Waals surface area contributed by atoms with Crippen LogP contribution >= 0.6 is 0 Å². The number of anilines is 1. The predicted molar refractivity (Wildman–Crippen MR) is 110 cm³/mol. The maximum Gasteiger partial charge on any atom is 0.416 e. The minimum Gasteiger partial charge on any atom is -0.379 e. The predicted octanol–water partition coefficient (Wildman–Crippen LogP) is 3.42. The Hall–Kier alpha value is -2.40. The first-order chi connectivity index (χ1) is 14.3. The van der Waals surface area contributed by atoms with Crippen LogP contribution in [0.15, 0.2) is 18.2 Å². The molecule has 1 fully saturated rings. The monoisotopic (exact) mass is 446 g/mol. The largest absolute Gasteiger partial charge is 0.416 e. The van der Waals surface area contributed by atoms with Crippen molar-refractivity contribution in [3.8, 4) is 0 Å². The molecule has 8 nitrogen and oxygen atoms in total. The lowest BCUT2D eigenvalue weighted by molar-refractivity contribution is -0.384. The summed E-state index contributed by atoms with van der Waals surface area (Å²) < 4.78 is 44.1. The molecule has 0 saturated carbocycles. The number of morpholine rings is 1. The number of rotatable bonds is 8. The van der Waals surface area contributed by atoms with E-state index in [4.69, 9.17) is 4.74 Å². The highest BCUT2D eigenvalue weighted by Crippen LogP contribution is 2.34. The second-order valence-electron chi connectivity index (χ2n) is 8.42. The van der Waals surface area contributed by atoms with Crippen LogP contribution in [0.3, 0.4) is 0 Å². The quantitative estimate of drug-likeness (QED) is 0.469. The summed E-state index contributed by atoms with van der Waals surface area (Å²) in [5, 5.41) is 16.7. The number of halogens is 3. The molecular formula is C20H29F3N4O4. The van der Waals surface area contributed by atoms with Gasteiger partial charge in [0.25, 0.3) is 5.69 Å². The van der Waals surface area contributed by atoms with E-state index in [0.29, 0.717) is 12.6 Å². The average Bonchev–Trinajstić information content (AvgIpc) is 2.65. The van der Waals surface area contributed by atoms with Gasteiger partial charge in [0.1, 0.15) is 5.69 Å². The van der Waals surface area contributed by atoms with Gasteiger partial charge >= 0.3 is 6.18 Å². The zero-order valence-corrected chi connectivity index (χ0v) is 18.1. The number of alkyl halides is 3. The van der Waals surface area contributed by atoms with Crippen LogP contribution in [0.25, 0.3) is 0 Å². The molecule has 1 amide bonds. The number of carbonyl (C=O) groups excluding carboxylic acids is 1. The molecule has 0 bridgehead atoms. The summed E-state index contributed by atoms with van der Waals surface area (Å²) in [6.07, 6.45) is -4.46. The van der Waals surface area contributed by atoms with Gasteiger partial charge in [0.05, 0.1) is 22.7 Å². The molecule has 0 radical (unpaired) electrons. The molecule has 1 aliphatic heterocycles. The summed E-state index contributed by atoms with van der Waals surface area (Å²) in [6, 6.07) is 2.25. The maximum atomic E-state index is 12.8. The van der Waals surface area contributed by atoms with Crippen LogP contribution in [-0.4, -0.2) is 59.7 Å². The van der Waals surface area contributed by atoms with Crippen molar-refractivity contribution >= 4 is 17.3 Å². The minimum atomic E-state index is -4.67. The van der Waals surface area contributed by atoms with E-state index in [-0.39, 0.29) is 42.3 Å². The van der Waals surface area contributed by atoms with Gasteiger partial charge in [0, 0.05) is 44.2 Å². The van der Waals surface area contributed by atoms with Gasteiger partial charge in [-0.3, -0.25) is 19.8 Å². The van der Waals surface area contributed by atoms with Crippen LogP contribution in [0.2, 0.25) is 0 Å². The van der Waals surface area contributed by atoms with E-state index in [9.17, 15) is 28.1 Å². The summed E-state index contributed by atoms with van der Waals surface area (Å²) in [4.78, 5) is 24.7. The molecule has 1 aliphatic rings. The van der Waals surface area contributed by atoms with Gasteiger partial charge in [0.15, 0.2) is 0 Å². The number of hydrogen-bond donors (Lipinski definition) is 2. The molecule has 1 saturated heterocycles. The summed E-state index contributed by atoms with van der Waals surface area (Å²) in [5.74, 6) is -0.260. The summed E-state index contributed by atoms with van der Waals surface area (Å²) in [7, 11) is 0. The summed E-state index contributed by atoms with van der Waals surface area (Å²) in [5.41, 5.74) is -2.15. The van der Waals surface area contributed by atoms with Gasteiger partial charge in [-0.2, -0.15) is 13.2 Å². The van der Waals surface area contributed by atoms with Crippen molar-refractivity contribution in [1.82, 2.24) is 10.2 Å². The van der Waals surface area contributed by atoms with Crippen molar-refractivity contribution in [1.29, 1.82) is 0 Å². The Kier molecular flexibility index (Phi) is 7.87. The molecule has 0 aromatic heterocycles. The van der Waals surface area contributed by atoms with Crippen LogP contribution in [0.5, 0.6) is 0 Å². The molecule has 2 atom stereocenters. The average molecular weight is 446 g/mol. The molecule has 2 rings (SSSR count). The molecule has 1 aromatic carbocycles. The molecule has 2 N–H and O–H groups in total. The fourth-order valence-electron chi connectivity index (χ4n) is 3.51. The molecule has 11 heteroatoms. The standard InChI is InChI=1S/C20H29F3N4O4/c1-13-10-26(11-14(2)31-13)19(3,4)12-25-18(28)7-8-24-16-6-5-15(20(21,22)23)9-17(16)27(29)30/h5-6,9,13-14,24H,7-8,10-12H2,1-4H3,(H,25,28)/t13-,14-/m0/s1. The molecular weight excluding hydrogens is 417 g/mol. The van der Waals surface area contributed by atoms with Crippen LogP contribution in [0.4, 0.5) is 24.5 Å². The molecule has 0 aliphatic carbocycles. The number of carbonyl (C=O) groups is 1. The maximum absolute atomic E-state index is 12.8. The van der Waals surface area contributed by atoms with Crippen molar-refractivity contribution in [2.75, 3.05) is 31.5 Å². The molecule has 1 heterocycles. The van der Waals surface area contributed by atoms with Crippen LogP contribution < -0.4 is 10.6 Å². The third-order valence-electron chi connectivity index (χ3n) is 5.18. The highest BCUT2D eigenvalue weighted by atomic mass is 19.4. The summed E-state index contributed by atoms with van der Waals surface area (Å²) in [6.45, 7) is 10.0. The first kappa shape index (κ1) is 24.9. The van der Waals surface area contributed by atoms with Gasteiger partial charge in [-0.25, -0.2) is 0 Å². The fraction of sp³-hybridized carbons (Fsp3) is 0.650. The van der Waals surface area contributed by atoms with Gasteiger partial charge in [-0.1, -0.05) is 0 Å². The van der Waals surface area contributed by atoms with Gasteiger partial charge in [0.2, 0.25) is 5.91 Å². The summed E-state index contributed by atoms with van der Waals surface area (Å²) >= 11 is 0. The van der Waals surface area contributed by atoms with Crippen molar-refractivity contribution in [2.24, 2.45) is 0 Å². The zero-order chi connectivity index (χ0) is 23.4. The Balaban J connectivity index is 1.87. The molecule has 1 aromatic rings. The number of benzene rings is 1. The molecule has 0 spiro atoms. The van der Waals surface area contributed by atoms with E-state index in [1.165, 1.54) is 0 Å². The Labute approximate surface area is 179 Å². The highest BCUT2D eigenvalue weighted by molar-refractivity contribution is 5.76. The number of nitro groups is 1.